The summed E-state index contributed by atoms with van der Waals surface area (Å²) in [5.74, 6) is 240. The zero-order valence-electron chi connectivity index (χ0n) is 50.0. The topological polar surface area (TPSA) is 23.8 Å². The average molecular weight is 1200 g/mol. The first-order chi connectivity index (χ1) is 49.9. The highest BCUT2D eigenvalue weighted by molar-refractivity contribution is 5.56. The van der Waals surface area contributed by atoms with Crippen molar-refractivity contribution in [2.75, 3.05) is 0 Å². The van der Waals surface area contributed by atoms with Gasteiger partial charge in [-0.25, -0.2) is 0 Å². The quantitative estimate of drug-likeness (QED) is 0.321. The van der Waals surface area contributed by atoms with Crippen molar-refractivity contribution >= 4 is 0 Å². The van der Waals surface area contributed by atoms with Gasteiger partial charge in [0.05, 0.1) is 0 Å². The van der Waals surface area contributed by atoms with Gasteiger partial charge in [0.15, 0.2) is 6.07 Å². The lowest BCUT2D eigenvalue weighted by Crippen LogP contribution is -1.57. The van der Waals surface area contributed by atoms with Crippen LogP contribution in [0.1, 0.15) is 0 Å². The predicted molar refractivity (Wildman–Crippen MR) is 388 cm³/mol. The zero-order valence-corrected chi connectivity index (χ0v) is 50.0. The van der Waals surface area contributed by atoms with E-state index < -0.39 is 0 Å². The third kappa shape index (κ3) is 75.9. The molecule has 0 radical (unpaired) electrons. The molecule has 0 saturated carbocycles. The van der Waals surface area contributed by atoms with Crippen LogP contribution in [0.4, 0.5) is 0 Å². The van der Waals surface area contributed by atoms with Crippen LogP contribution in [0.3, 0.4) is 0 Å². The van der Waals surface area contributed by atoms with Gasteiger partial charge in [-0.05, 0) is 47.4 Å². The smallest absolute Gasteiger partial charge is 0.153 e. The van der Waals surface area contributed by atoms with Gasteiger partial charge < -0.3 is 0 Å². The normalized spacial score (nSPS) is 3.94. The van der Waals surface area contributed by atoms with E-state index in [1.807, 2.05) is 0 Å². The summed E-state index contributed by atoms with van der Waals surface area (Å²) in [6.07, 6.45) is 4.95. The molecule has 0 aliphatic rings. The second-order valence-corrected chi connectivity index (χ2v) is 12.3. The third-order valence-corrected chi connectivity index (χ3v) is 6.07. The first kappa shape index (κ1) is 77.9. The van der Waals surface area contributed by atoms with Crippen molar-refractivity contribution < 1.29 is 0 Å². The van der Waals surface area contributed by atoms with Gasteiger partial charge in [-0.15, -0.1) is 6.42 Å². The predicted octanol–water partition coefficient (Wildman–Crippen LogP) is 0.306. The fraction of sp³-hybridized carbons (Fsp3) is 0. The number of terminal acetylenes is 1. The molecule has 0 aromatic heterocycles. The van der Waals surface area contributed by atoms with Crippen LogP contribution in [-0.2, 0) is 0 Å². The van der Waals surface area contributed by atoms with Gasteiger partial charge >= 0.3 is 0 Å². The van der Waals surface area contributed by atoms with Crippen molar-refractivity contribution in [1.82, 2.24) is 0 Å². The molecule has 402 valence electrons. The molecule has 0 aromatic carbocycles. The Morgan fingerprint density at radius 3 is 0.180 bits per heavy atom. The molecule has 0 spiro atoms. The molecule has 100 heavy (non-hydrogen) atoms. The minimum Gasteiger partial charge on any atom is -0.183 e. The van der Waals surface area contributed by atoms with Crippen molar-refractivity contribution in [2.24, 2.45) is 0 Å². The van der Waals surface area contributed by atoms with Crippen LogP contribution in [0, 0.1) is 592 Å². The molecule has 0 bridgehead atoms. The summed E-state index contributed by atoms with van der Waals surface area (Å²) in [5, 5.41) is 8.22. The van der Waals surface area contributed by atoms with E-state index >= 15 is 0 Å². The van der Waals surface area contributed by atoms with Crippen LogP contribution >= 0.6 is 0 Å². The van der Waals surface area contributed by atoms with Crippen molar-refractivity contribution in [3.63, 3.8) is 0 Å². The summed E-state index contributed by atoms with van der Waals surface area (Å²) in [4.78, 5) is 0. The monoisotopic (exact) mass is 1200 g/mol. The maximum atomic E-state index is 8.22. The average Bonchev–Trinajstić information content (AvgIpc) is 3.66. The zero-order chi connectivity index (χ0) is 71.3. The Morgan fingerprint density at radius 1 is 0.0800 bits per heavy atom. The summed E-state index contributed by atoms with van der Waals surface area (Å²) in [6.45, 7) is 0. The summed E-state index contributed by atoms with van der Waals surface area (Å²) in [5.41, 5.74) is 0. The molecular weight excluding hydrogens is 1200 g/mol. The highest BCUT2D eigenvalue weighted by Gasteiger charge is 1.67. The van der Waals surface area contributed by atoms with Crippen molar-refractivity contribution in [3.8, 4) is 587 Å². The Balaban J connectivity index is 4.64. The fourth-order valence-electron chi connectivity index (χ4n) is 3.00. The Hall–Kier alpha value is -22.1. The molecular formula is C99HN. The number of hydrogen-bond donors (Lipinski definition) is 0. The molecule has 0 aliphatic carbocycles. The van der Waals surface area contributed by atoms with Gasteiger partial charge in [-0.2, -0.15) is 5.26 Å². The van der Waals surface area contributed by atoms with E-state index in [1.165, 1.54) is 0 Å². The lowest BCUT2D eigenvalue weighted by atomic mass is 10.4. The molecule has 0 fully saturated rings. The Kier molecular flexibility index (Phi) is 60.0. The largest absolute Gasteiger partial charge is 0.183 e. The van der Waals surface area contributed by atoms with Crippen molar-refractivity contribution in [3.05, 3.63) is 0 Å². The van der Waals surface area contributed by atoms with Crippen LogP contribution in [0.5, 0.6) is 0 Å². The van der Waals surface area contributed by atoms with Gasteiger partial charge in [0.25, 0.3) is 0 Å². The van der Waals surface area contributed by atoms with Crippen LogP contribution in [0.25, 0.3) is 0 Å². The lowest BCUT2D eigenvalue weighted by molar-refractivity contribution is 1.55. The van der Waals surface area contributed by atoms with E-state index in [-0.39, 0.29) is 0 Å². The Labute approximate surface area is 588 Å². The van der Waals surface area contributed by atoms with Gasteiger partial charge in [-0.3, -0.25) is 0 Å². The molecule has 0 heterocycles. The van der Waals surface area contributed by atoms with Crippen LogP contribution < -0.4 is 0 Å². The molecule has 0 aliphatic heterocycles. The molecule has 1 heteroatoms. The molecule has 0 unspecified atom stereocenters. The highest BCUT2D eigenvalue weighted by atomic mass is 14.2. The fourth-order valence-corrected chi connectivity index (χ4v) is 3.00. The Bertz CT molecular complexity index is 6670. The highest BCUT2D eigenvalue weighted by Crippen LogP contribution is 1.67. The second kappa shape index (κ2) is 76.9. The molecule has 0 N–H and O–H groups in total. The molecule has 0 saturated heterocycles. The number of hydrogen-bond acceptors (Lipinski definition) is 1. The lowest BCUT2D eigenvalue weighted by Gasteiger charge is -1.58. The first-order valence-electron chi connectivity index (χ1n) is 24.8. The van der Waals surface area contributed by atoms with E-state index in [9.17, 15) is 0 Å². The van der Waals surface area contributed by atoms with Crippen LogP contribution in [-0.4, -0.2) is 0 Å². The minimum absolute atomic E-state index is 1.62. The summed E-state index contributed by atoms with van der Waals surface area (Å²) in [6, 6.07) is 1.62. The SMILES string of the molecule is C#CC#CC#CC#CC#CC#CC#CC#CC#CC#CC#CC#CC#CC#CC#CC#CC#CC#CC#CC#CC#CC#CC#CC#CC#CC#CC#CC#CC#CC#CC#CC#CC#CC#CC#CC#CC#CC#CC#CC#CC#CC#CC#CC#CC#CC#CC#CC#CC#CC#N. The maximum Gasteiger partial charge on any atom is 0.153 e. The van der Waals surface area contributed by atoms with E-state index in [4.69, 9.17) is 11.7 Å². The number of nitriles is 1. The summed E-state index contributed by atoms with van der Waals surface area (Å²) in [7, 11) is 0. The van der Waals surface area contributed by atoms with Gasteiger partial charge in [0.2, 0.25) is 0 Å². The molecule has 0 aromatic rings. The third-order valence-electron chi connectivity index (χ3n) is 6.07. The first-order valence-corrected chi connectivity index (χ1v) is 24.8. The minimum atomic E-state index is 1.62. The summed E-state index contributed by atoms with van der Waals surface area (Å²) >= 11 is 0. The molecule has 0 amide bonds. The van der Waals surface area contributed by atoms with Crippen LogP contribution in [0.15, 0.2) is 0 Å². The second-order valence-electron chi connectivity index (χ2n) is 12.3. The van der Waals surface area contributed by atoms with Crippen LogP contribution in [0.2, 0.25) is 0 Å². The van der Waals surface area contributed by atoms with Crippen molar-refractivity contribution in [2.45, 2.75) is 0 Å². The Morgan fingerprint density at radius 2 is 0.130 bits per heavy atom. The molecule has 1 nitrogen and oxygen atoms in total. The van der Waals surface area contributed by atoms with E-state index in [2.05, 4.69) is 574 Å². The summed E-state index contributed by atoms with van der Waals surface area (Å²) < 4.78 is 0. The molecule has 0 atom stereocenters. The van der Waals surface area contributed by atoms with E-state index in [1.54, 1.807) is 6.07 Å². The number of rotatable bonds is 0. The standard InChI is InChI=1S/C99HN/c1-2-3-4-5-6-7-8-9-10-11-12-13-14-15-16-17-18-19-20-21-22-23-24-25-26-27-28-29-30-31-32-33-34-35-36-37-38-39-40-41-42-43-44-45-46-47-48-49-50-51-52-53-54-55-56-57-58-59-60-61-62-63-64-65-66-67-68-69-70-71-72-73-74-75-76-77-78-79-80-81-82-83-84-85-86-87-88-89-90-91-92-93-94-95-96-97-98-99-100/h1H. The van der Waals surface area contributed by atoms with Crippen molar-refractivity contribution in [1.29, 1.82) is 5.26 Å². The molecule has 0 rings (SSSR count). The number of nitrogens with zero attached hydrogens (tertiary/aromatic N) is 1. The van der Waals surface area contributed by atoms with Gasteiger partial charge in [0.1, 0.15) is 0 Å². The maximum absolute atomic E-state index is 8.22. The van der Waals surface area contributed by atoms with E-state index in [0.29, 0.717) is 0 Å². The van der Waals surface area contributed by atoms with E-state index in [0.717, 1.165) is 0 Å². The van der Waals surface area contributed by atoms with Gasteiger partial charge in [-0.1, -0.05) is 0 Å². The van der Waals surface area contributed by atoms with Gasteiger partial charge in [0, 0.05) is 527 Å².